The number of aromatic nitrogens is 4. The molecule has 26 heavy (non-hydrogen) atoms. The Balaban J connectivity index is 1.48. The highest BCUT2D eigenvalue weighted by molar-refractivity contribution is 5.94. The molecule has 1 amide bonds. The van der Waals surface area contributed by atoms with Crippen LogP contribution < -0.4 is 14.8 Å². The van der Waals surface area contributed by atoms with E-state index < -0.39 is 0 Å². The highest BCUT2D eigenvalue weighted by Gasteiger charge is 2.24. The van der Waals surface area contributed by atoms with Crippen molar-refractivity contribution >= 4 is 5.91 Å². The zero-order valence-corrected chi connectivity index (χ0v) is 14.1. The highest BCUT2D eigenvalue weighted by atomic mass is 16.5. The van der Waals surface area contributed by atoms with Crippen LogP contribution in [0.5, 0.6) is 11.5 Å². The summed E-state index contributed by atoms with van der Waals surface area (Å²) in [5, 5.41) is 10.5. The molecule has 0 fully saturated rings. The Labute approximate surface area is 149 Å². The SMILES string of the molecule is COc1cccc2c1OCC(NC(=O)c1ccnc(-n3cnnc3)c1)C2. The van der Waals surface area contributed by atoms with E-state index in [0.717, 1.165) is 11.3 Å². The number of nitrogens with zero attached hydrogens (tertiary/aromatic N) is 4. The molecule has 1 aliphatic rings. The van der Waals surface area contributed by atoms with Crippen molar-refractivity contribution in [2.75, 3.05) is 13.7 Å². The topological polar surface area (TPSA) is 91.2 Å². The van der Waals surface area contributed by atoms with Crippen LogP contribution in [0.4, 0.5) is 0 Å². The first-order valence-corrected chi connectivity index (χ1v) is 8.15. The second-order valence-corrected chi connectivity index (χ2v) is 5.91. The van der Waals surface area contributed by atoms with Crippen molar-refractivity contribution in [2.24, 2.45) is 0 Å². The molecule has 1 atom stereocenters. The Bertz CT molecular complexity index is 926. The van der Waals surface area contributed by atoms with Crippen LogP contribution in [-0.2, 0) is 6.42 Å². The van der Waals surface area contributed by atoms with Gasteiger partial charge in [-0.05, 0) is 24.6 Å². The maximum atomic E-state index is 12.6. The van der Waals surface area contributed by atoms with Gasteiger partial charge in [-0.25, -0.2) is 4.98 Å². The molecule has 0 radical (unpaired) electrons. The summed E-state index contributed by atoms with van der Waals surface area (Å²) in [6, 6.07) is 9.00. The van der Waals surface area contributed by atoms with Crippen LogP contribution in [0, 0.1) is 0 Å². The molecule has 8 nitrogen and oxygen atoms in total. The van der Waals surface area contributed by atoms with Gasteiger partial charge in [-0.2, -0.15) is 0 Å². The van der Waals surface area contributed by atoms with Crippen molar-refractivity contribution in [3.8, 4) is 17.3 Å². The first kappa shape index (κ1) is 16.1. The summed E-state index contributed by atoms with van der Waals surface area (Å²) >= 11 is 0. The van der Waals surface area contributed by atoms with E-state index >= 15 is 0 Å². The first-order valence-electron chi connectivity index (χ1n) is 8.15. The summed E-state index contributed by atoms with van der Waals surface area (Å²) in [6.45, 7) is 0.391. The van der Waals surface area contributed by atoms with Gasteiger partial charge in [0.15, 0.2) is 11.5 Å². The summed E-state index contributed by atoms with van der Waals surface area (Å²) < 4.78 is 12.8. The van der Waals surface area contributed by atoms with Gasteiger partial charge < -0.3 is 14.8 Å². The molecule has 3 aromatic rings. The number of nitrogens with one attached hydrogen (secondary N) is 1. The van der Waals surface area contributed by atoms with Crippen molar-refractivity contribution in [1.82, 2.24) is 25.1 Å². The number of para-hydroxylation sites is 1. The zero-order valence-electron chi connectivity index (χ0n) is 14.1. The second kappa shape index (κ2) is 6.83. The van der Waals surface area contributed by atoms with E-state index in [-0.39, 0.29) is 11.9 Å². The monoisotopic (exact) mass is 351 g/mol. The number of methoxy groups -OCH3 is 1. The van der Waals surface area contributed by atoms with Crippen LogP contribution >= 0.6 is 0 Å². The lowest BCUT2D eigenvalue weighted by Crippen LogP contribution is -2.42. The fourth-order valence-corrected chi connectivity index (χ4v) is 2.94. The molecule has 1 unspecified atom stereocenters. The summed E-state index contributed by atoms with van der Waals surface area (Å²) in [6.07, 6.45) is 5.33. The molecule has 4 rings (SSSR count). The van der Waals surface area contributed by atoms with Gasteiger partial charge in [0.05, 0.1) is 13.2 Å². The van der Waals surface area contributed by atoms with E-state index in [2.05, 4.69) is 20.5 Å². The summed E-state index contributed by atoms with van der Waals surface area (Å²) in [4.78, 5) is 16.8. The van der Waals surface area contributed by atoms with E-state index in [0.29, 0.717) is 30.2 Å². The third-order valence-electron chi connectivity index (χ3n) is 4.20. The Kier molecular flexibility index (Phi) is 4.22. The fraction of sp³-hybridized carbons (Fsp3) is 0.222. The van der Waals surface area contributed by atoms with Crippen molar-refractivity contribution < 1.29 is 14.3 Å². The summed E-state index contributed by atoms with van der Waals surface area (Å²) in [5.41, 5.74) is 1.53. The van der Waals surface area contributed by atoms with E-state index in [9.17, 15) is 4.79 Å². The molecule has 1 aliphatic heterocycles. The number of carbonyl (C=O) groups excluding carboxylic acids is 1. The van der Waals surface area contributed by atoms with E-state index in [4.69, 9.17) is 9.47 Å². The molecule has 1 N–H and O–H groups in total. The third kappa shape index (κ3) is 3.08. The molecule has 8 heteroatoms. The van der Waals surface area contributed by atoms with Crippen molar-refractivity contribution in [1.29, 1.82) is 0 Å². The van der Waals surface area contributed by atoms with Crippen LogP contribution in [0.2, 0.25) is 0 Å². The van der Waals surface area contributed by atoms with Crippen molar-refractivity contribution in [3.63, 3.8) is 0 Å². The molecule has 132 valence electrons. The van der Waals surface area contributed by atoms with Crippen LogP contribution in [-0.4, -0.2) is 45.4 Å². The summed E-state index contributed by atoms with van der Waals surface area (Å²) in [5.74, 6) is 1.86. The minimum atomic E-state index is -0.179. The largest absolute Gasteiger partial charge is 0.493 e. The van der Waals surface area contributed by atoms with Gasteiger partial charge in [-0.15, -0.1) is 10.2 Å². The van der Waals surface area contributed by atoms with E-state index in [1.807, 2.05) is 18.2 Å². The van der Waals surface area contributed by atoms with Gasteiger partial charge in [0, 0.05) is 17.3 Å². The smallest absolute Gasteiger partial charge is 0.251 e. The van der Waals surface area contributed by atoms with E-state index in [1.165, 1.54) is 12.7 Å². The van der Waals surface area contributed by atoms with Crippen molar-refractivity contribution in [2.45, 2.75) is 12.5 Å². The molecule has 0 saturated heterocycles. The number of pyridine rings is 1. The first-order chi connectivity index (χ1) is 12.7. The zero-order chi connectivity index (χ0) is 17.9. The molecule has 0 aliphatic carbocycles. The number of hydrogen-bond acceptors (Lipinski definition) is 6. The van der Waals surface area contributed by atoms with Gasteiger partial charge in [0.1, 0.15) is 25.1 Å². The quantitative estimate of drug-likeness (QED) is 0.764. The standard InChI is InChI=1S/C18H17N5O3/c1-25-15-4-2-3-12-7-14(9-26-17(12)15)22-18(24)13-5-6-19-16(8-13)23-10-20-21-11-23/h2-6,8,10-11,14H,7,9H2,1H3,(H,22,24). The number of carbonyl (C=O) groups is 1. The summed E-state index contributed by atoms with van der Waals surface area (Å²) in [7, 11) is 1.61. The lowest BCUT2D eigenvalue weighted by molar-refractivity contribution is 0.0914. The molecular weight excluding hydrogens is 334 g/mol. The second-order valence-electron chi connectivity index (χ2n) is 5.91. The number of rotatable bonds is 4. The van der Waals surface area contributed by atoms with Gasteiger partial charge in [0.2, 0.25) is 0 Å². The predicted molar refractivity (Wildman–Crippen MR) is 92.6 cm³/mol. The molecule has 0 spiro atoms. The maximum absolute atomic E-state index is 12.6. The number of amides is 1. The third-order valence-corrected chi connectivity index (χ3v) is 4.20. The Morgan fingerprint density at radius 3 is 2.96 bits per heavy atom. The normalized spacial score (nSPS) is 15.7. The van der Waals surface area contributed by atoms with Crippen molar-refractivity contribution in [3.05, 3.63) is 60.3 Å². The average Bonchev–Trinajstić information content (AvgIpc) is 3.22. The van der Waals surface area contributed by atoms with Crippen LogP contribution in [0.15, 0.2) is 49.2 Å². The molecule has 0 saturated carbocycles. The molecule has 3 heterocycles. The van der Waals surface area contributed by atoms with Crippen LogP contribution in [0.3, 0.4) is 0 Å². The van der Waals surface area contributed by atoms with Gasteiger partial charge in [-0.3, -0.25) is 9.36 Å². The minimum Gasteiger partial charge on any atom is -0.493 e. The lowest BCUT2D eigenvalue weighted by atomic mass is 10.0. The highest BCUT2D eigenvalue weighted by Crippen LogP contribution is 2.34. The predicted octanol–water partition coefficient (Wildman–Crippen LogP) is 1.40. The Morgan fingerprint density at radius 1 is 1.31 bits per heavy atom. The van der Waals surface area contributed by atoms with Crippen LogP contribution in [0.25, 0.3) is 5.82 Å². The lowest BCUT2D eigenvalue weighted by Gasteiger charge is -2.27. The number of ether oxygens (including phenoxy) is 2. The number of fused-ring (bicyclic) bond motifs is 1. The Morgan fingerprint density at radius 2 is 2.15 bits per heavy atom. The molecule has 1 aromatic carbocycles. The van der Waals surface area contributed by atoms with E-state index in [1.54, 1.807) is 30.0 Å². The molecule has 2 aromatic heterocycles. The fourth-order valence-electron chi connectivity index (χ4n) is 2.94. The average molecular weight is 351 g/mol. The van der Waals surface area contributed by atoms with Gasteiger partial charge >= 0.3 is 0 Å². The maximum Gasteiger partial charge on any atom is 0.251 e. The molecular formula is C18H17N5O3. The van der Waals surface area contributed by atoms with Gasteiger partial charge in [-0.1, -0.05) is 12.1 Å². The number of hydrogen-bond donors (Lipinski definition) is 1. The number of benzene rings is 1. The van der Waals surface area contributed by atoms with Gasteiger partial charge in [0.25, 0.3) is 5.91 Å². The molecule has 0 bridgehead atoms. The Hall–Kier alpha value is -3.42. The van der Waals surface area contributed by atoms with Crippen LogP contribution in [0.1, 0.15) is 15.9 Å². The minimum absolute atomic E-state index is 0.117.